The molecular weight excluding hydrogens is 262 g/mol. The van der Waals surface area contributed by atoms with E-state index < -0.39 is 0 Å². The molecule has 0 aliphatic carbocycles. The molecule has 0 aliphatic heterocycles. The van der Waals surface area contributed by atoms with Gasteiger partial charge in [0.05, 0.1) is 19.8 Å². The highest BCUT2D eigenvalue weighted by atomic mass is 16.5. The van der Waals surface area contributed by atoms with Crippen LogP contribution in [0.3, 0.4) is 0 Å². The number of hydrogen-bond acceptors (Lipinski definition) is 3. The average molecular weight is 293 g/mol. The Hall–Kier alpha value is -1.06. The Balaban J connectivity index is 2.32. The molecule has 1 atom stereocenters. The van der Waals surface area contributed by atoms with Crippen LogP contribution in [-0.4, -0.2) is 26.9 Å². The highest BCUT2D eigenvalue weighted by Crippen LogP contribution is 2.18. The largest absolute Gasteiger partial charge is 0.497 e. The topological polar surface area (TPSA) is 30.5 Å². The predicted octanol–water partition coefficient (Wildman–Crippen LogP) is 4.33. The molecule has 0 aromatic heterocycles. The van der Waals surface area contributed by atoms with Crippen LogP contribution in [0.1, 0.15) is 57.6 Å². The van der Waals surface area contributed by atoms with E-state index in [1.807, 2.05) is 12.1 Å². The number of benzene rings is 1. The lowest BCUT2D eigenvalue weighted by atomic mass is 10.1. The van der Waals surface area contributed by atoms with Gasteiger partial charge in [0, 0.05) is 6.61 Å². The fraction of sp³-hybridized carbons (Fsp3) is 0.667. The molecule has 1 unspecified atom stereocenters. The SMILES string of the molecule is CCCCCCCOCC(NCC)c1ccc(OC)cc1. The lowest BCUT2D eigenvalue weighted by molar-refractivity contribution is 0.108. The zero-order chi connectivity index (χ0) is 15.3. The van der Waals surface area contributed by atoms with Gasteiger partial charge in [0.2, 0.25) is 0 Å². The highest BCUT2D eigenvalue weighted by molar-refractivity contribution is 5.29. The first-order valence-electron chi connectivity index (χ1n) is 8.26. The third-order valence-electron chi connectivity index (χ3n) is 3.65. The zero-order valence-corrected chi connectivity index (χ0v) is 13.9. The minimum Gasteiger partial charge on any atom is -0.497 e. The summed E-state index contributed by atoms with van der Waals surface area (Å²) in [4.78, 5) is 0. The van der Waals surface area contributed by atoms with Crippen molar-refractivity contribution in [2.45, 2.75) is 52.0 Å². The monoisotopic (exact) mass is 293 g/mol. The molecule has 0 aliphatic rings. The van der Waals surface area contributed by atoms with Crippen molar-refractivity contribution in [1.29, 1.82) is 0 Å². The molecule has 0 saturated heterocycles. The predicted molar refractivity (Wildman–Crippen MR) is 89.0 cm³/mol. The van der Waals surface area contributed by atoms with Crippen LogP contribution >= 0.6 is 0 Å². The van der Waals surface area contributed by atoms with Crippen LogP contribution in [0.4, 0.5) is 0 Å². The number of rotatable bonds is 12. The van der Waals surface area contributed by atoms with E-state index in [0.717, 1.165) is 25.5 Å². The Kier molecular flexibility index (Phi) is 9.92. The van der Waals surface area contributed by atoms with E-state index in [2.05, 4.69) is 31.3 Å². The van der Waals surface area contributed by atoms with E-state index in [4.69, 9.17) is 9.47 Å². The molecule has 3 heteroatoms. The van der Waals surface area contributed by atoms with Crippen LogP contribution in [0, 0.1) is 0 Å². The first kappa shape index (κ1) is 18.0. The molecule has 0 heterocycles. The molecule has 1 rings (SSSR count). The first-order chi connectivity index (χ1) is 10.3. The Morgan fingerprint density at radius 2 is 1.71 bits per heavy atom. The smallest absolute Gasteiger partial charge is 0.118 e. The molecule has 0 fully saturated rings. The van der Waals surface area contributed by atoms with Gasteiger partial charge in [-0.1, -0.05) is 51.7 Å². The first-order valence-corrected chi connectivity index (χ1v) is 8.26. The van der Waals surface area contributed by atoms with Crippen molar-refractivity contribution in [3.05, 3.63) is 29.8 Å². The van der Waals surface area contributed by atoms with Crippen molar-refractivity contribution in [1.82, 2.24) is 5.32 Å². The number of methoxy groups -OCH3 is 1. The Morgan fingerprint density at radius 1 is 1.00 bits per heavy atom. The lowest BCUT2D eigenvalue weighted by Gasteiger charge is -2.19. The van der Waals surface area contributed by atoms with Gasteiger partial charge in [-0.05, 0) is 30.7 Å². The van der Waals surface area contributed by atoms with Gasteiger partial charge >= 0.3 is 0 Å². The second kappa shape index (κ2) is 11.6. The summed E-state index contributed by atoms with van der Waals surface area (Å²) in [6.45, 7) is 6.90. The molecule has 1 aromatic rings. The third-order valence-corrected chi connectivity index (χ3v) is 3.65. The maximum absolute atomic E-state index is 5.85. The number of unbranched alkanes of at least 4 members (excludes halogenated alkanes) is 4. The summed E-state index contributed by atoms with van der Waals surface area (Å²) in [5.41, 5.74) is 1.25. The third kappa shape index (κ3) is 7.49. The van der Waals surface area contributed by atoms with E-state index in [1.54, 1.807) is 7.11 Å². The average Bonchev–Trinajstić information content (AvgIpc) is 2.53. The Morgan fingerprint density at radius 3 is 2.33 bits per heavy atom. The second-order valence-corrected chi connectivity index (χ2v) is 5.37. The summed E-state index contributed by atoms with van der Waals surface area (Å²) in [5.74, 6) is 0.894. The molecule has 0 saturated carbocycles. The summed E-state index contributed by atoms with van der Waals surface area (Å²) in [7, 11) is 1.69. The van der Waals surface area contributed by atoms with Gasteiger partial charge in [-0.15, -0.1) is 0 Å². The summed E-state index contributed by atoms with van der Waals surface area (Å²) in [5, 5.41) is 3.48. The minimum atomic E-state index is 0.261. The summed E-state index contributed by atoms with van der Waals surface area (Å²) >= 11 is 0. The van der Waals surface area contributed by atoms with Gasteiger partial charge < -0.3 is 14.8 Å². The van der Waals surface area contributed by atoms with Crippen LogP contribution < -0.4 is 10.1 Å². The number of ether oxygens (including phenoxy) is 2. The molecule has 1 aromatic carbocycles. The van der Waals surface area contributed by atoms with Gasteiger partial charge in [0.1, 0.15) is 5.75 Å². The molecule has 0 bridgehead atoms. The molecule has 0 radical (unpaired) electrons. The van der Waals surface area contributed by atoms with Crippen LogP contribution in [-0.2, 0) is 4.74 Å². The van der Waals surface area contributed by atoms with Crippen LogP contribution in [0.5, 0.6) is 5.75 Å². The van der Waals surface area contributed by atoms with Crippen molar-refractivity contribution in [3.63, 3.8) is 0 Å². The van der Waals surface area contributed by atoms with Gasteiger partial charge in [-0.25, -0.2) is 0 Å². The zero-order valence-electron chi connectivity index (χ0n) is 13.9. The highest BCUT2D eigenvalue weighted by Gasteiger charge is 2.10. The van der Waals surface area contributed by atoms with Gasteiger partial charge in [-0.2, -0.15) is 0 Å². The molecule has 3 nitrogen and oxygen atoms in total. The molecule has 1 N–H and O–H groups in total. The van der Waals surface area contributed by atoms with Crippen molar-refractivity contribution in [3.8, 4) is 5.75 Å². The van der Waals surface area contributed by atoms with E-state index in [0.29, 0.717) is 0 Å². The fourth-order valence-corrected chi connectivity index (χ4v) is 2.36. The molecule has 120 valence electrons. The maximum atomic E-state index is 5.85. The number of nitrogens with one attached hydrogen (secondary N) is 1. The fourth-order valence-electron chi connectivity index (χ4n) is 2.36. The maximum Gasteiger partial charge on any atom is 0.118 e. The second-order valence-electron chi connectivity index (χ2n) is 5.37. The summed E-state index contributed by atoms with van der Waals surface area (Å²) < 4.78 is 11.0. The summed E-state index contributed by atoms with van der Waals surface area (Å²) in [6.07, 6.45) is 6.41. The quantitative estimate of drug-likeness (QED) is 0.582. The minimum absolute atomic E-state index is 0.261. The van der Waals surface area contributed by atoms with E-state index in [1.165, 1.54) is 37.7 Å². The van der Waals surface area contributed by atoms with E-state index in [-0.39, 0.29) is 6.04 Å². The van der Waals surface area contributed by atoms with Gasteiger partial charge in [-0.3, -0.25) is 0 Å². The van der Waals surface area contributed by atoms with Crippen LogP contribution in [0.2, 0.25) is 0 Å². The van der Waals surface area contributed by atoms with Crippen molar-refractivity contribution < 1.29 is 9.47 Å². The number of hydrogen-bond donors (Lipinski definition) is 1. The number of likely N-dealkylation sites (N-methyl/N-ethyl adjacent to an activating group) is 1. The van der Waals surface area contributed by atoms with Crippen molar-refractivity contribution >= 4 is 0 Å². The van der Waals surface area contributed by atoms with E-state index >= 15 is 0 Å². The molecular formula is C18H31NO2. The van der Waals surface area contributed by atoms with E-state index in [9.17, 15) is 0 Å². The van der Waals surface area contributed by atoms with Crippen molar-refractivity contribution in [2.24, 2.45) is 0 Å². The standard InChI is InChI=1S/C18H31NO2/c1-4-6-7-8-9-14-21-15-18(19-5-2)16-10-12-17(20-3)13-11-16/h10-13,18-19H,4-9,14-15H2,1-3H3. The summed E-state index contributed by atoms with van der Waals surface area (Å²) in [6, 6.07) is 8.49. The molecule has 0 spiro atoms. The molecule has 21 heavy (non-hydrogen) atoms. The Labute approximate surface area is 130 Å². The van der Waals surface area contributed by atoms with Gasteiger partial charge in [0.15, 0.2) is 0 Å². The lowest BCUT2D eigenvalue weighted by Crippen LogP contribution is -2.25. The van der Waals surface area contributed by atoms with Crippen LogP contribution in [0.25, 0.3) is 0 Å². The van der Waals surface area contributed by atoms with Crippen molar-refractivity contribution in [2.75, 3.05) is 26.9 Å². The Bertz CT molecular complexity index is 351. The normalized spacial score (nSPS) is 12.3. The van der Waals surface area contributed by atoms with Crippen LogP contribution in [0.15, 0.2) is 24.3 Å². The van der Waals surface area contributed by atoms with Gasteiger partial charge in [0.25, 0.3) is 0 Å². The molecule has 0 amide bonds.